The van der Waals surface area contributed by atoms with E-state index in [0.29, 0.717) is 30.0 Å². The van der Waals surface area contributed by atoms with Crippen molar-refractivity contribution in [1.82, 2.24) is 25.4 Å². The molecule has 0 saturated carbocycles. The van der Waals surface area contributed by atoms with Crippen LogP contribution in [-0.4, -0.2) is 59.0 Å². The lowest BCUT2D eigenvalue weighted by Crippen LogP contribution is -2.30. The molecular formula is C23H30N8O2. The molecule has 10 heteroatoms. The predicted octanol–water partition coefficient (Wildman–Crippen LogP) is 1.74. The Morgan fingerprint density at radius 3 is 2.67 bits per heavy atom. The minimum absolute atomic E-state index is 0.180. The smallest absolute Gasteiger partial charge is 0.274 e. The number of allylic oxidation sites excluding steroid dienone is 1. The fourth-order valence-corrected chi connectivity index (χ4v) is 3.97. The first-order valence-electron chi connectivity index (χ1n) is 11.4. The van der Waals surface area contributed by atoms with E-state index < -0.39 is 5.91 Å². The maximum absolute atomic E-state index is 13.0. The third-order valence-electron chi connectivity index (χ3n) is 5.82. The zero-order chi connectivity index (χ0) is 23.0. The van der Waals surface area contributed by atoms with E-state index >= 15 is 0 Å². The summed E-state index contributed by atoms with van der Waals surface area (Å²) in [5.74, 6) is -0.719. The summed E-state index contributed by atoms with van der Waals surface area (Å²) >= 11 is 0. The van der Waals surface area contributed by atoms with E-state index in [1.165, 1.54) is 6.20 Å². The fraction of sp³-hybridized carbons (Fsp3) is 0.435. The van der Waals surface area contributed by atoms with Crippen molar-refractivity contribution < 1.29 is 9.59 Å². The Morgan fingerprint density at radius 2 is 1.85 bits per heavy atom. The Bertz CT molecular complexity index is 1050. The molecule has 0 unspecified atom stereocenters. The first kappa shape index (κ1) is 22.7. The van der Waals surface area contributed by atoms with Gasteiger partial charge in [-0.3, -0.25) is 19.3 Å². The predicted molar refractivity (Wildman–Crippen MR) is 127 cm³/mol. The quantitative estimate of drug-likeness (QED) is 0.522. The summed E-state index contributed by atoms with van der Waals surface area (Å²) in [6.07, 6.45) is 9.35. The number of carbonyl (C=O) groups is 2. The molecule has 5 N–H and O–H groups in total. The van der Waals surface area contributed by atoms with Crippen LogP contribution in [0.2, 0.25) is 0 Å². The summed E-state index contributed by atoms with van der Waals surface area (Å²) in [7, 11) is 0. The number of nitrogens with zero attached hydrogens (tertiary/aromatic N) is 4. The zero-order valence-electron chi connectivity index (χ0n) is 18.6. The van der Waals surface area contributed by atoms with Crippen LogP contribution in [0.5, 0.6) is 0 Å². The highest BCUT2D eigenvalue weighted by Gasteiger charge is 2.24. The van der Waals surface area contributed by atoms with Crippen molar-refractivity contribution in [3.8, 4) is 0 Å². The molecule has 0 atom stereocenters. The largest absolute Gasteiger partial charge is 0.404 e. The summed E-state index contributed by atoms with van der Waals surface area (Å²) in [6.45, 7) is 2.97. The number of aromatic nitrogens is 3. The van der Waals surface area contributed by atoms with Gasteiger partial charge in [-0.2, -0.15) is 5.10 Å². The molecule has 4 heterocycles. The summed E-state index contributed by atoms with van der Waals surface area (Å²) in [5, 5.41) is 13.7. The number of hydrogen-bond acceptors (Lipinski definition) is 7. The molecule has 2 aliphatic heterocycles. The highest BCUT2D eigenvalue weighted by Crippen LogP contribution is 2.23. The first-order valence-corrected chi connectivity index (χ1v) is 11.4. The lowest BCUT2D eigenvalue weighted by Gasteiger charge is -2.22. The van der Waals surface area contributed by atoms with Gasteiger partial charge in [0.2, 0.25) is 0 Å². The molecule has 1 saturated heterocycles. The number of carbonyl (C=O) groups excluding carboxylic acids is 2. The minimum Gasteiger partial charge on any atom is -0.404 e. The van der Waals surface area contributed by atoms with E-state index in [1.807, 2.05) is 0 Å². The Labute approximate surface area is 192 Å². The molecule has 0 aromatic carbocycles. The van der Waals surface area contributed by atoms with E-state index in [-0.39, 0.29) is 23.3 Å². The molecule has 0 radical (unpaired) electrons. The highest BCUT2D eigenvalue weighted by atomic mass is 16.2. The van der Waals surface area contributed by atoms with Crippen LogP contribution in [0.3, 0.4) is 0 Å². The molecule has 174 valence electrons. The van der Waals surface area contributed by atoms with E-state index in [2.05, 4.69) is 31.0 Å². The van der Waals surface area contributed by atoms with Crippen molar-refractivity contribution in [3.63, 3.8) is 0 Å². The summed E-state index contributed by atoms with van der Waals surface area (Å²) in [4.78, 5) is 34.8. The number of anilines is 1. The molecule has 0 aliphatic carbocycles. The average Bonchev–Trinajstić information content (AvgIpc) is 3.27. The van der Waals surface area contributed by atoms with Gasteiger partial charge in [-0.25, -0.2) is 4.98 Å². The van der Waals surface area contributed by atoms with E-state index in [1.54, 1.807) is 35.3 Å². The average molecular weight is 451 g/mol. The van der Waals surface area contributed by atoms with Gasteiger partial charge in [-0.15, -0.1) is 0 Å². The summed E-state index contributed by atoms with van der Waals surface area (Å²) in [6, 6.07) is 5.33. The van der Waals surface area contributed by atoms with Crippen molar-refractivity contribution in [2.45, 2.75) is 38.1 Å². The number of rotatable bonds is 1. The fourth-order valence-electron chi connectivity index (χ4n) is 3.97. The number of aliphatic imine (C=N–C) groups is 1. The monoisotopic (exact) mass is 450 g/mol. The van der Waals surface area contributed by atoms with Crippen LogP contribution in [0.1, 0.15) is 64.8 Å². The highest BCUT2D eigenvalue weighted by molar-refractivity contribution is 6.10. The summed E-state index contributed by atoms with van der Waals surface area (Å²) < 4.78 is 1.80. The van der Waals surface area contributed by atoms with Gasteiger partial charge in [0.05, 0.1) is 17.4 Å². The first-order chi connectivity index (χ1) is 16.2. The molecule has 2 amide bonds. The third-order valence-corrected chi connectivity index (χ3v) is 5.82. The number of amides is 2. The molecule has 4 rings (SSSR count). The lowest BCUT2D eigenvalue weighted by molar-refractivity contribution is 0.0947. The summed E-state index contributed by atoms with van der Waals surface area (Å²) in [5.41, 5.74) is 7.79. The van der Waals surface area contributed by atoms with Crippen LogP contribution in [-0.2, 0) is 0 Å². The Kier molecular flexibility index (Phi) is 7.46. The SMILES string of the molecule is NC=C1C=NCCCCCNC(=O)c2nn(C3CCNCC3)cc2NC(=O)c2cccc1n2. The molecule has 2 bridgehead atoms. The number of piperidine rings is 1. The topological polar surface area (TPSA) is 139 Å². The van der Waals surface area contributed by atoms with Crippen LogP contribution < -0.4 is 21.7 Å². The Morgan fingerprint density at radius 1 is 1.03 bits per heavy atom. The van der Waals surface area contributed by atoms with Crippen molar-refractivity contribution >= 4 is 29.3 Å². The van der Waals surface area contributed by atoms with Crippen molar-refractivity contribution in [2.24, 2.45) is 10.7 Å². The van der Waals surface area contributed by atoms with Crippen LogP contribution in [0, 0.1) is 0 Å². The Hall–Kier alpha value is -3.53. The van der Waals surface area contributed by atoms with E-state index in [9.17, 15) is 9.59 Å². The zero-order valence-corrected chi connectivity index (χ0v) is 18.6. The second kappa shape index (κ2) is 10.9. The van der Waals surface area contributed by atoms with Crippen molar-refractivity contribution in [3.05, 3.63) is 47.7 Å². The van der Waals surface area contributed by atoms with Gasteiger partial charge in [-0.05, 0) is 57.3 Å². The molecule has 2 aromatic rings. The molecule has 1 fully saturated rings. The number of nitrogens with one attached hydrogen (secondary N) is 3. The number of nitrogens with two attached hydrogens (primary N) is 1. The number of hydrogen-bond donors (Lipinski definition) is 4. The number of fused-ring (bicyclic) bond motifs is 3. The molecule has 2 aromatic heterocycles. The maximum atomic E-state index is 13.0. The van der Waals surface area contributed by atoms with Gasteiger partial charge in [-0.1, -0.05) is 6.07 Å². The molecular weight excluding hydrogens is 420 g/mol. The second-order valence-electron chi connectivity index (χ2n) is 8.19. The second-order valence-corrected chi connectivity index (χ2v) is 8.19. The van der Waals surface area contributed by atoms with Crippen molar-refractivity contribution in [2.75, 3.05) is 31.5 Å². The normalized spacial score (nSPS) is 20.1. The van der Waals surface area contributed by atoms with Crippen molar-refractivity contribution in [1.29, 1.82) is 0 Å². The standard InChI is InChI=1S/C23H30N8O2/c24-13-16-14-26-9-2-1-3-10-27-23(33)21-20(15-31(30-21)17-7-11-25-12-8-17)29-22(32)19-6-4-5-18(16)28-19/h4-6,13-15,17,25H,1-3,7-12,24H2,(H,27,33)(H,29,32). The molecule has 0 spiro atoms. The molecule has 10 nitrogen and oxygen atoms in total. The van der Waals surface area contributed by atoms with E-state index in [0.717, 1.165) is 45.2 Å². The van der Waals surface area contributed by atoms with Gasteiger partial charge in [0.15, 0.2) is 5.69 Å². The van der Waals surface area contributed by atoms with Gasteiger partial charge in [0, 0.05) is 37.3 Å². The van der Waals surface area contributed by atoms with Gasteiger partial charge in [0.1, 0.15) is 5.69 Å². The van der Waals surface area contributed by atoms with Crippen LogP contribution in [0.4, 0.5) is 5.69 Å². The third kappa shape index (κ3) is 5.64. The molecule has 2 aliphatic rings. The van der Waals surface area contributed by atoms with Gasteiger partial charge < -0.3 is 21.7 Å². The van der Waals surface area contributed by atoms with Crippen LogP contribution in [0.15, 0.2) is 35.6 Å². The van der Waals surface area contributed by atoms with Crippen LogP contribution >= 0.6 is 0 Å². The van der Waals surface area contributed by atoms with Gasteiger partial charge in [0.25, 0.3) is 11.8 Å². The Balaban J connectivity index is 1.66. The number of pyridine rings is 1. The van der Waals surface area contributed by atoms with Gasteiger partial charge >= 0.3 is 0 Å². The maximum Gasteiger partial charge on any atom is 0.274 e. The van der Waals surface area contributed by atoms with E-state index in [4.69, 9.17) is 5.73 Å². The lowest BCUT2D eigenvalue weighted by atomic mass is 10.1. The minimum atomic E-state index is -0.423. The molecule has 33 heavy (non-hydrogen) atoms. The van der Waals surface area contributed by atoms with Crippen LogP contribution in [0.25, 0.3) is 5.57 Å².